The minimum Gasteiger partial charge on any atom is -0.351 e. The number of carbonyl (C=O) groups excluding carboxylic acids is 2. The minimum absolute atomic E-state index is 0.0203. The number of aryl methyl sites for hydroxylation is 1. The molecule has 176 valence electrons. The van der Waals surface area contributed by atoms with E-state index in [0.717, 1.165) is 24.7 Å². The maximum atomic E-state index is 12.9. The Morgan fingerprint density at radius 1 is 1.12 bits per heavy atom. The van der Waals surface area contributed by atoms with Crippen molar-refractivity contribution in [1.29, 1.82) is 0 Å². The molecule has 1 saturated heterocycles. The molecule has 5 nitrogen and oxygen atoms in total. The van der Waals surface area contributed by atoms with Crippen molar-refractivity contribution in [2.45, 2.75) is 38.5 Å². The molecule has 1 heterocycles. The smallest absolute Gasteiger partial charge is 0.316 e. The Kier molecular flexibility index (Phi) is 7.17. The number of carbonyl (C=O) groups is 2. The molecule has 0 radical (unpaired) electrons. The van der Waals surface area contributed by atoms with Crippen LogP contribution < -0.4 is 16.0 Å². The van der Waals surface area contributed by atoms with E-state index in [4.69, 9.17) is 17.3 Å². The number of primary amides is 1. The van der Waals surface area contributed by atoms with E-state index < -0.39 is 11.8 Å². The summed E-state index contributed by atoms with van der Waals surface area (Å²) >= 11 is 5.47. The molecular weight excluding hydrogens is 453 g/mol. The number of amides is 3. The van der Waals surface area contributed by atoms with Gasteiger partial charge in [-0.2, -0.15) is 0 Å². The topological polar surface area (TPSA) is 75.4 Å². The van der Waals surface area contributed by atoms with Crippen LogP contribution in [0.5, 0.6) is 0 Å². The molecule has 0 atom stereocenters. The van der Waals surface area contributed by atoms with Gasteiger partial charge in [0.15, 0.2) is 0 Å². The summed E-state index contributed by atoms with van der Waals surface area (Å²) in [5.74, 6) is 0.319. The van der Waals surface area contributed by atoms with Crippen molar-refractivity contribution in [2.75, 3.05) is 16.8 Å². The third-order valence-electron chi connectivity index (χ3n) is 6.05. The number of anilines is 2. The van der Waals surface area contributed by atoms with Crippen LogP contribution >= 0.6 is 11.6 Å². The van der Waals surface area contributed by atoms with Gasteiger partial charge in [0, 0.05) is 23.7 Å². The summed E-state index contributed by atoms with van der Waals surface area (Å²) in [5.41, 5.74) is 11.2. The van der Waals surface area contributed by atoms with Crippen molar-refractivity contribution in [3.8, 4) is 11.1 Å². The van der Waals surface area contributed by atoms with Crippen LogP contribution in [0.3, 0.4) is 0 Å². The Labute approximate surface area is 203 Å². The third kappa shape index (κ3) is 5.57. The molecule has 0 aromatic heterocycles. The highest BCUT2D eigenvalue weighted by Gasteiger charge is 2.31. The summed E-state index contributed by atoms with van der Waals surface area (Å²) in [6.07, 6.45) is 4.20. The van der Waals surface area contributed by atoms with Crippen LogP contribution in [0.1, 0.15) is 42.7 Å². The molecular formula is C27H27ClFN3O2. The second-order valence-electron chi connectivity index (χ2n) is 8.63. The lowest BCUT2D eigenvalue weighted by Gasteiger charge is -2.21. The molecule has 1 aliphatic heterocycles. The van der Waals surface area contributed by atoms with Crippen LogP contribution in [-0.4, -0.2) is 18.5 Å². The Bertz CT molecular complexity index is 1230. The monoisotopic (exact) mass is 479 g/mol. The Morgan fingerprint density at radius 3 is 2.50 bits per heavy atom. The van der Waals surface area contributed by atoms with Crippen molar-refractivity contribution >= 4 is 34.9 Å². The van der Waals surface area contributed by atoms with Gasteiger partial charge in [-0.1, -0.05) is 41.9 Å². The van der Waals surface area contributed by atoms with Gasteiger partial charge in [0.05, 0.1) is 5.69 Å². The van der Waals surface area contributed by atoms with E-state index in [1.807, 2.05) is 4.90 Å². The first kappa shape index (κ1) is 23.8. The number of nitrogens with one attached hydrogen (secondary N) is 1. The first-order valence-corrected chi connectivity index (χ1v) is 11.7. The fourth-order valence-corrected chi connectivity index (χ4v) is 4.37. The predicted octanol–water partition coefficient (Wildman–Crippen LogP) is 6.64. The van der Waals surface area contributed by atoms with Crippen LogP contribution in [-0.2, 0) is 4.79 Å². The van der Waals surface area contributed by atoms with Crippen LogP contribution in [0.15, 0.2) is 60.7 Å². The molecule has 2 fully saturated rings. The van der Waals surface area contributed by atoms with Crippen LogP contribution in [0, 0.1) is 12.7 Å². The first-order chi connectivity index (χ1) is 16.3. The van der Waals surface area contributed by atoms with Crippen molar-refractivity contribution < 1.29 is 14.0 Å². The number of nitrogens with two attached hydrogens (primary N) is 1. The fourth-order valence-electron chi connectivity index (χ4n) is 4.21. The zero-order chi connectivity index (χ0) is 24.2. The summed E-state index contributed by atoms with van der Waals surface area (Å²) in [4.78, 5) is 24.4. The summed E-state index contributed by atoms with van der Waals surface area (Å²) < 4.78 is 12.9. The normalized spacial score (nSPS) is 15.0. The summed E-state index contributed by atoms with van der Waals surface area (Å²) in [6.45, 7) is 3.03. The standard InChI is InChI=1S/C20H21NO.C7H6ClFN2O/c1-14-5-2-3-6-17(14)16-10-11-19(18(13-16)15-8-9-15)21-12-4-7-20(21)22;8-4-1-2-6(5(9)3-4)11-7(10)12/h2-3,5-6,10-11,13,15H,4,7-9,12H2,1H3;1-3H,(H3,10,11,12). The van der Waals surface area contributed by atoms with Gasteiger partial charge in [-0.25, -0.2) is 9.18 Å². The molecule has 0 unspecified atom stereocenters. The Hall–Kier alpha value is -3.38. The second-order valence-corrected chi connectivity index (χ2v) is 9.06. The molecule has 34 heavy (non-hydrogen) atoms. The van der Waals surface area contributed by atoms with E-state index in [1.165, 1.54) is 47.2 Å². The average molecular weight is 480 g/mol. The van der Waals surface area contributed by atoms with E-state index in [-0.39, 0.29) is 16.6 Å². The highest BCUT2D eigenvalue weighted by atomic mass is 35.5. The average Bonchev–Trinajstić information content (AvgIpc) is 3.57. The molecule has 1 aliphatic carbocycles. The maximum Gasteiger partial charge on any atom is 0.316 e. The van der Waals surface area contributed by atoms with Gasteiger partial charge in [-0.3, -0.25) is 4.79 Å². The van der Waals surface area contributed by atoms with E-state index in [1.54, 1.807) is 0 Å². The molecule has 0 spiro atoms. The van der Waals surface area contributed by atoms with Crippen molar-refractivity contribution in [2.24, 2.45) is 5.73 Å². The van der Waals surface area contributed by atoms with E-state index in [0.29, 0.717) is 12.3 Å². The molecule has 3 aromatic rings. The number of hydrogen-bond donors (Lipinski definition) is 2. The van der Waals surface area contributed by atoms with E-state index in [2.05, 4.69) is 54.7 Å². The van der Waals surface area contributed by atoms with Gasteiger partial charge in [0.25, 0.3) is 0 Å². The number of urea groups is 1. The largest absolute Gasteiger partial charge is 0.351 e. The molecule has 3 amide bonds. The van der Waals surface area contributed by atoms with Gasteiger partial charge >= 0.3 is 6.03 Å². The van der Waals surface area contributed by atoms with Crippen molar-refractivity contribution in [3.05, 3.63) is 82.6 Å². The van der Waals surface area contributed by atoms with Crippen molar-refractivity contribution in [1.82, 2.24) is 0 Å². The maximum absolute atomic E-state index is 12.9. The van der Waals surface area contributed by atoms with E-state index in [9.17, 15) is 14.0 Å². The zero-order valence-corrected chi connectivity index (χ0v) is 19.7. The molecule has 3 aromatic carbocycles. The van der Waals surface area contributed by atoms with Crippen LogP contribution in [0.2, 0.25) is 5.02 Å². The Morgan fingerprint density at radius 2 is 1.88 bits per heavy atom. The first-order valence-electron chi connectivity index (χ1n) is 11.4. The lowest BCUT2D eigenvalue weighted by Crippen LogP contribution is -2.24. The van der Waals surface area contributed by atoms with Gasteiger partial charge < -0.3 is 16.0 Å². The predicted molar refractivity (Wildman–Crippen MR) is 135 cm³/mol. The number of hydrogen-bond acceptors (Lipinski definition) is 2. The van der Waals surface area contributed by atoms with Gasteiger partial charge in [0.2, 0.25) is 5.91 Å². The number of halogens is 2. The zero-order valence-electron chi connectivity index (χ0n) is 19.0. The number of rotatable bonds is 4. The highest BCUT2D eigenvalue weighted by Crippen LogP contribution is 2.46. The summed E-state index contributed by atoms with van der Waals surface area (Å²) in [5, 5.41) is 2.37. The molecule has 1 saturated carbocycles. The molecule has 7 heteroatoms. The quantitative estimate of drug-likeness (QED) is 0.440. The third-order valence-corrected chi connectivity index (χ3v) is 6.29. The minimum atomic E-state index is -0.809. The lowest BCUT2D eigenvalue weighted by molar-refractivity contribution is -0.117. The SMILES string of the molecule is Cc1ccccc1-c1ccc(N2CCCC2=O)c(C2CC2)c1.NC(=O)Nc1ccc(Cl)cc1F. The summed E-state index contributed by atoms with van der Waals surface area (Å²) in [7, 11) is 0. The molecule has 5 rings (SSSR count). The number of nitrogens with zero attached hydrogens (tertiary/aromatic N) is 1. The van der Waals surface area contributed by atoms with Crippen molar-refractivity contribution in [3.63, 3.8) is 0 Å². The summed E-state index contributed by atoms with van der Waals surface area (Å²) in [6, 6.07) is 18.2. The lowest BCUT2D eigenvalue weighted by atomic mass is 9.96. The van der Waals surface area contributed by atoms with E-state index >= 15 is 0 Å². The second kappa shape index (κ2) is 10.3. The van der Waals surface area contributed by atoms with Crippen LogP contribution in [0.4, 0.5) is 20.6 Å². The van der Waals surface area contributed by atoms with Crippen LogP contribution in [0.25, 0.3) is 11.1 Å². The highest BCUT2D eigenvalue weighted by molar-refractivity contribution is 6.30. The van der Waals surface area contributed by atoms with Gasteiger partial charge in [0.1, 0.15) is 5.82 Å². The molecule has 0 bridgehead atoms. The fraction of sp³-hybridized carbons (Fsp3) is 0.259. The number of benzene rings is 3. The van der Waals surface area contributed by atoms with Gasteiger partial charge in [-0.15, -0.1) is 0 Å². The van der Waals surface area contributed by atoms with Gasteiger partial charge in [-0.05, 0) is 84.7 Å². The molecule has 3 N–H and O–H groups in total. The Balaban J connectivity index is 0.000000195. The molecule has 2 aliphatic rings.